The summed E-state index contributed by atoms with van der Waals surface area (Å²) in [4.78, 5) is 0. The van der Waals surface area contributed by atoms with Gasteiger partial charge in [0.25, 0.3) is 0 Å². The molecule has 0 nitrogen and oxygen atoms in total. The number of thiophene rings is 1. The summed E-state index contributed by atoms with van der Waals surface area (Å²) in [5.41, 5.74) is 0. The molecule has 92 valence electrons. The fourth-order valence-electron chi connectivity index (χ4n) is 1.85. The number of hydrogen-bond donors (Lipinski definition) is 0. The van der Waals surface area contributed by atoms with Gasteiger partial charge in [-0.2, -0.15) is 0 Å². The zero-order valence-electron chi connectivity index (χ0n) is 8.53. The van der Waals surface area contributed by atoms with Gasteiger partial charge in [0, 0.05) is 20.5 Å². The third-order valence-electron chi connectivity index (χ3n) is 2.65. The SMILES string of the molecule is Clc1ccc2c(c1)sc1c(Cl)c(Cl)c(Cl)c(Cl)c12. The molecule has 0 unspecified atom stereocenters. The standard InChI is InChI=1S/C12H3Cl5S/c13-4-1-2-5-6(3-4)18-12-7(5)8(14)9(15)10(16)11(12)17/h1-3H. The van der Waals surface area contributed by atoms with Gasteiger partial charge in [0.2, 0.25) is 0 Å². The average molecular weight is 356 g/mol. The fraction of sp³-hybridized carbons (Fsp3) is 0. The Hall–Kier alpha value is 0.110. The van der Waals surface area contributed by atoms with Crippen molar-refractivity contribution in [2.45, 2.75) is 0 Å². The number of fused-ring (bicyclic) bond motifs is 3. The first kappa shape index (κ1) is 13.1. The third-order valence-corrected chi connectivity index (χ3v) is 5.97. The Balaban J connectivity index is 2.62. The van der Waals surface area contributed by atoms with E-state index < -0.39 is 0 Å². The normalized spacial score (nSPS) is 11.6. The molecule has 0 spiro atoms. The van der Waals surface area contributed by atoms with Gasteiger partial charge >= 0.3 is 0 Å². The van der Waals surface area contributed by atoms with E-state index in [9.17, 15) is 0 Å². The molecule has 0 radical (unpaired) electrons. The Morgan fingerprint density at radius 1 is 0.778 bits per heavy atom. The molecule has 1 aromatic heterocycles. The third kappa shape index (κ3) is 1.81. The Kier molecular flexibility index (Phi) is 3.34. The van der Waals surface area contributed by atoms with Crippen LogP contribution in [0.1, 0.15) is 0 Å². The van der Waals surface area contributed by atoms with Gasteiger partial charge in [0.15, 0.2) is 0 Å². The molecule has 3 aromatic rings. The van der Waals surface area contributed by atoms with Crippen molar-refractivity contribution in [1.29, 1.82) is 0 Å². The summed E-state index contributed by atoms with van der Waals surface area (Å²) in [6, 6.07) is 5.59. The number of hydrogen-bond acceptors (Lipinski definition) is 1. The van der Waals surface area contributed by atoms with Crippen LogP contribution in [0.5, 0.6) is 0 Å². The summed E-state index contributed by atoms with van der Waals surface area (Å²) in [5.74, 6) is 0. The second-order valence-electron chi connectivity index (χ2n) is 3.70. The minimum Gasteiger partial charge on any atom is -0.133 e. The van der Waals surface area contributed by atoms with Crippen molar-refractivity contribution in [1.82, 2.24) is 0 Å². The highest BCUT2D eigenvalue weighted by atomic mass is 35.5. The lowest BCUT2D eigenvalue weighted by molar-refractivity contribution is 1.82. The van der Waals surface area contributed by atoms with Crippen molar-refractivity contribution in [2.75, 3.05) is 0 Å². The molecule has 0 atom stereocenters. The van der Waals surface area contributed by atoms with E-state index in [-0.39, 0.29) is 10.0 Å². The Morgan fingerprint density at radius 2 is 1.44 bits per heavy atom. The maximum Gasteiger partial charge on any atom is 0.0808 e. The molecular formula is C12H3Cl5S. The van der Waals surface area contributed by atoms with Crippen LogP contribution in [0.2, 0.25) is 25.1 Å². The van der Waals surface area contributed by atoms with Crippen LogP contribution in [0.25, 0.3) is 20.2 Å². The van der Waals surface area contributed by atoms with Crippen LogP contribution in [0.3, 0.4) is 0 Å². The van der Waals surface area contributed by atoms with Crippen molar-refractivity contribution >= 4 is 89.5 Å². The molecule has 18 heavy (non-hydrogen) atoms. The highest BCUT2D eigenvalue weighted by Gasteiger charge is 2.19. The van der Waals surface area contributed by atoms with Gasteiger partial charge in [-0.15, -0.1) is 11.3 Å². The summed E-state index contributed by atoms with van der Waals surface area (Å²) in [5, 5.41) is 3.89. The first-order valence-electron chi connectivity index (χ1n) is 4.84. The number of halogens is 5. The molecule has 6 heteroatoms. The quantitative estimate of drug-likeness (QED) is 0.292. The van der Waals surface area contributed by atoms with Gasteiger partial charge in [-0.3, -0.25) is 0 Å². The second-order valence-corrected chi connectivity index (χ2v) is 6.70. The minimum atomic E-state index is 0.283. The monoisotopic (exact) mass is 354 g/mol. The maximum atomic E-state index is 6.26. The van der Waals surface area contributed by atoms with Crippen LogP contribution in [0.15, 0.2) is 18.2 Å². The Morgan fingerprint density at radius 3 is 2.17 bits per heavy atom. The van der Waals surface area contributed by atoms with Crippen LogP contribution >= 0.6 is 69.3 Å². The molecule has 0 aliphatic rings. The van der Waals surface area contributed by atoms with E-state index in [1.54, 1.807) is 0 Å². The van der Waals surface area contributed by atoms with E-state index in [1.807, 2.05) is 18.2 Å². The number of rotatable bonds is 0. The second kappa shape index (κ2) is 4.59. The highest BCUT2D eigenvalue weighted by Crippen LogP contribution is 2.49. The molecule has 1 heterocycles. The van der Waals surface area contributed by atoms with Gasteiger partial charge in [-0.25, -0.2) is 0 Å². The van der Waals surface area contributed by atoms with Crippen LogP contribution in [-0.2, 0) is 0 Å². The van der Waals surface area contributed by atoms with Gasteiger partial charge in [-0.1, -0.05) is 64.1 Å². The molecule has 0 saturated carbocycles. The van der Waals surface area contributed by atoms with Gasteiger partial charge in [0.05, 0.1) is 24.8 Å². The summed E-state index contributed by atoms with van der Waals surface area (Å²) >= 11 is 32.1. The summed E-state index contributed by atoms with van der Waals surface area (Å²) < 4.78 is 1.83. The lowest BCUT2D eigenvalue weighted by Crippen LogP contribution is -1.77. The topological polar surface area (TPSA) is 0 Å². The lowest BCUT2D eigenvalue weighted by Gasteiger charge is -2.04. The fourth-order valence-corrected chi connectivity index (χ4v) is 4.46. The molecule has 2 aromatic carbocycles. The molecule has 0 saturated heterocycles. The molecule has 0 aliphatic heterocycles. The first-order valence-corrected chi connectivity index (χ1v) is 7.55. The van der Waals surface area contributed by atoms with Crippen molar-refractivity contribution in [3.63, 3.8) is 0 Å². The molecule has 0 bridgehead atoms. The van der Waals surface area contributed by atoms with E-state index in [4.69, 9.17) is 58.0 Å². The maximum absolute atomic E-state index is 6.26. The first-order chi connectivity index (χ1) is 8.50. The predicted molar refractivity (Wildman–Crippen MR) is 84.4 cm³/mol. The zero-order valence-corrected chi connectivity index (χ0v) is 13.1. The molecule has 0 fully saturated rings. The summed E-state index contributed by atoms with van der Waals surface area (Å²) in [6.45, 7) is 0. The van der Waals surface area contributed by atoms with Crippen molar-refractivity contribution < 1.29 is 0 Å². The van der Waals surface area contributed by atoms with Crippen LogP contribution in [0, 0.1) is 0 Å². The van der Waals surface area contributed by atoms with E-state index in [0.717, 1.165) is 20.2 Å². The summed E-state index contributed by atoms with van der Waals surface area (Å²) in [7, 11) is 0. The smallest absolute Gasteiger partial charge is 0.0808 e. The minimum absolute atomic E-state index is 0.283. The van der Waals surface area contributed by atoms with E-state index >= 15 is 0 Å². The molecule has 3 rings (SSSR count). The van der Waals surface area contributed by atoms with E-state index in [1.165, 1.54) is 11.3 Å². The van der Waals surface area contributed by atoms with E-state index in [0.29, 0.717) is 15.1 Å². The van der Waals surface area contributed by atoms with Crippen LogP contribution < -0.4 is 0 Å². The highest BCUT2D eigenvalue weighted by molar-refractivity contribution is 7.26. The average Bonchev–Trinajstić information content (AvgIpc) is 2.72. The van der Waals surface area contributed by atoms with E-state index in [2.05, 4.69) is 0 Å². The molecule has 0 aliphatic carbocycles. The lowest BCUT2D eigenvalue weighted by atomic mass is 10.1. The van der Waals surface area contributed by atoms with Gasteiger partial charge < -0.3 is 0 Å². The van der Waals surface area contributed by atoms with Crippen LogP contribution in [0.4, 0.5) is 0 Å². The van der Waals surface area contributed by atoms with Gasteiger partial charge in [-0.05, 0) is 12.1 Å². The Labute approximate surface area is 132 Å². The predicted octanol–water partition coefficient (Wildman–Crippen LogP) is 7.32. The molecule has 0 amide bonds. The molecule has 0 N–H and O–H groups in total. The number of benzene rings is 2. The molecular weight excluding hydrogens is 353 g/mol. The van der Waals surface area contributed by atoms with Gasteiger partial charge in [0.1, 0.15) is 0 Å². The van der Waals surface area contributed by atoms with Crippen LogP contribution in [-0.4, -0.2) is 0 Å². The summed E-state index contributed by atoms with van der Waals surface area (Å²) in [6.07, 6.45) is 0. The van der Waals surface area contributed by atoms with Crippen molar-refractivity contribution in [3.05, 3.63) is 43.3 Å². The Bertz CT molecular complexity index is 790. The van der Waals surface area contributed by atoms with Crippen molar-refractivity contribution in [3.8, 4) is 0 Å². The largest absolute Gasteiger partial charge is 0.133 e. The zero-order chi connectivity index (χ0) is 13.0. The van der Waals surface area contributed by atoms with Crippen molar-refractivity contribution in [2.24, 2.45) is 0 Å².